The number of piperidine rings is 1. The number of anilines is 1. The molecule has 4 fully saturated rings. The molecular weight excluding hydrogens is 493 g/mol. The topological polar surface area (TPSA) is 112 Å². The molecule has 0 unspecified atom stereocenters. The Morgan fingerprint density at radius 2 is 1.84 bits per heavy atom. The number of halogens is 3. The van der Waals surface area contributed by atoms with Gasteiger partial charge in [-0.3, -0.25) is 9.59 Å². The molecule has 2 bridgehead atoms. The number of amides is 3. The summed E-state index contributed by atoms with van der Waals surface area (Å²) in [7, 11) is 1.99. The lowest BCUT2D eigenvalue weighted by atomic mass is 9.66. The summed E-state index contributed by atoms with van der Waals surface area (Å²) in [4.78, 5) is 42.6. The van der Waals surface area contributed by atoms with Crippen LogP contribution in [-0.4, -0.2) is 66.3 Å². The Balaban J connectivity index is 1.39. The third-order valence-electron chi connectivity index (χ3n) is 8.25. The minimum Gasteiger partial charge on any atom is -0.446 e. The number of carbonyl (C=O) groups excluding carboxylic acids is 3. The van der Waals surface area contributed by atoms with Gasteiger partial charge in [0.25, 0.3) is 0 Å². The first-order valence-corrected chi connectivity index (χ1v) is 12.1. The first kappa shape index (κ1) is 25.5. The molecule has 5 rings (SSSR count). The Labute approximate surface area is 211 Å². The maximum atomic E-state index is 13.6. The van der Waals surface area contributed by atoms with Crippen molar-refractivity contribution in [2.24, 2.45) is 11.8 Å². The van der Waals surface area contributed by atoms with Crippen LogP contribution in [-0.2, 0) is 25.2 Å². The van der Waals surface area contributed by atoms with Gasteiger partial charge in [0.15, 0.2) is 0 Å². The van der Waals surface area contributed by atoms with Gasteiger partial charge in [-0.25, -0.2) is 9.69 Å². The van der Waals surface area contributed by atoms with Gasteiger partial charge in [-0.2, -0.15) is 18.4 Å². The van der Waals surface area contributed by atoms with Crippen molar-refractivity contribution in [3.8, 4) is 6.07 Å². The van der Waals surface area contributed by atoms with Crippen LogP contribution in [0, 0.1) is 23.2 Å². The lowest BCUT2D eigenvalue weighted by molar-refractivity contribution is -0.138. The number of rotatable bonds is 3. The Hall–Kier alpha value is -3.17. The summed E-state index contributed by atoms with van der Waals surface area (Å²) in [5.41, 5.74) is -4.45. The average Bonchev–Trinajstić information content (AvgIpc) is 3.34. The van der Waals surface area contributed by atoms with Crippen LogP contribution in [0.3, 0.4) is 0 Å². The zero-order valence-electron chi connectivity index (χ0n) is 20.6. The molecule has 9 nitrogen and oxygen atoms in total. The van der Waals surface area contributed by atoms with Crippen molar-refractivity contribution in [1.82, 2.24) is 10.2 Å². The van der Waals surface area contributed by atoms with E-state index in [0.717, 1.165) is 30.1 Å². The zero-order chi connectivity index (χ0) is 26.9. The molecule has 4 aliphatic rings. The molecule has 37 heavy (non-hydrogen) atoms. The van der Waals surface area contributed by atoms with Crippen molar-refractivity contribution in [3.05, 3.63) is 29.3 Å². The largest absolute Gasteiger partial charge is 0.446 e. The number of alkyl carbamates (subject to hydrolysis) is 1. The van der Waals surface area contributed by atoms with E-state index >= 15 is 0 Å². The van der Waals surface area contributed by atoms with E-state index in [1.54, 1.807) is 13.8 Å². The summed E-state index contributed by atoms with van der Waals surface area (Å²) in [6, 6.07) is 3.61. The summed E-state index contributed by atoms with van der Waals surface area (Å²) in [5.74, 6) is -3.28. The SMILES string of the molecule is CN1CCC(OC(=O)N[C@@H]2C[C@@]3(C)O[C@@]2(C)[C@@H]2C(=O)N(c4ccc(C#N)c(C(F)(F)F)c4)C(=O)[C@@H]23)CC1. The number of benzene rings is 1. The molecule has 3 amide bonds. The fraction of sp³-hybridized carbons (Fsp3) is 0.600. The van der Waals surface area contributed by atoms with Crippen LogP contribution in [0.2, 0.25) is 0 Å². The third-order valence-corrected chi connectivity index (χ3v) is 8.25. The standard InChI is InChI=1S/C25H27F3N4O5/c1-23-11-17(30-22(35)36-15-6-8-31(3)9-7-15)24(2,37-23)19-18(23)20(33)32(21(19)34)14-5-4-13(12-29)16(10-14)25(26,27)28/h4-5,10,15,17-19H,6-9,11H2,1-3H3,(H,30,35)/t17-,18-,19+,23-,24-/m1/s1. The Bertz CT molecular complexity index is 1210. The lowest BCUT2D eigenvalue weighted by Crippen LogP contribution is -2.56. The third kappa shape index (κ3) is 3.95. The fourth-order valence-electron chi connectivity index (χ4n) is 6.44. The number of likely N-dealkylation sites (tertiary alicyclic amines) is 1. The van der Waals surface area contributed by atoms with Gasteiger partial charge < -0.3 is 19.7 Å². The fourth-order valence-corrected chi connectivity index (χ4v) is 6.44. The predicted molar refractivity (Wildman–Crippen MR) is 122 cm³/mol. The first-order chi connectivity index (χ1) is 17.3. The van der Waals surface area contributed by atoms with Gasteiger partial charge in [-0.15, -0.1) is 0 Å². The Morgan fingerprint density at radius 3 is 2.46 bits per heavy atom. The van der Waals surface area contributed by atoms with Crippen LogP contribution in [0.25, 0.3) is 0 Å². The van der Waals surface area contributed by atoms with Crippen LogP contribution in [0.1, 0.15) is 44.2 Å². The van der Waals surface area contributed by atoms with Gasteiger partial charge in [0, 0.05) is 19.5 Å². The molecule has 0 aliphatic carbocycles. The van der Waals surface area contributed by atoms with E-state index in [-0.39, 0.29) is 18.2 Å². The second-order valence-electron chi connectivity index (χ2n) is 10.7. The molecule has 12 heteroatoms. The molecule has 1 aromatic carbocycles. The van der Waals surface area contributed by atoms with Gasteiger partial charge in [0.1, 0.15) is 6.10 Å². The van der Waals surface area contributed by atoms with Crippen LogP contribution in [0.15, 0.2) is 18.2 Å². The summed E-state index contributed by atoms with van der Waals surface area (Å²) in [5, 5.41) is 11.9. The monoisotopic (exact) mass is 520 g/mol. The number of nitrogens with zero attached hydrogens (tertiary/aromatic N) is 3. The number of hydrogen-bond acceptors (Lipinski definition) is 7. The van der Waals surface area contributed by atoms with Gasteiger partial charge in [-0.05, 0) is 51.9 Å². The normalized spacial score (nSPS) is 34.0. The van der Waals surface area contributed by atoms with E-state index in [1.165, 1.54) is 6.07 Å². The van der Waals surface area contributed by atoms with Gasteiger partial charge in [0.2, 0.25) is 11.8 Å². The molecule has 0 spiro atoms. The van der Waals surface area contributed by atoms with Crippen molar-refractivity contribution >= 4 is 23.6 Å². The van der Waals surface area contributed by atoms with E-state index in [2.05, 4.69) is 10.2 Å². The van der Waals surface area contributed by atoms with E-state index in [4.69, 9.17) is 14.7 Å². The molecule has 1 aromatic rings. The molecular formula is C25H27F3N4O5. The van der Waals surface area contributed by atoms with Crippen LogP contribution in [0.4, 0.5) is 23.7 Å². The molecule has 4 aliphatic heterocycles. The van der Waals surface area contributed by atoms with Crippen molar-refractivity contribution in [3.63, 3.8) is 0 Å². The number of carbonyl (C=O) groups is 3. The Kier molecular flexibility index (Phi) is 5.80. The number of ether oxygens (including phenoxy) is 2. The smallest absolute Gasteiger partial charge is 0.417 e. The van der Waals surface area contributed by atoms with E-state index in [1.807, 2.05) is 7.05 Å². The molecule has 4 heterocycles. The maximum absolute atomic E-state index is 13.6. The molecule has 0 aromatic heterocycles. The van der Waals surface area contributed by atoms with E-state index in [9.17, 15) is 27.6 Å². The first-order valence-electron chi connectivity index (χ1n) is 12.1. The highest BCUT2D eigenvalue weighted by Gasteiger charge is 2.76. The number of hydrogen-bond donors (Lipinski definition) is 1. The van der Waals surface area contributed by atoms with Crippen molar-refractivity contribution < 1.29 is 37.0 Å². The van der Waals surface area contributed by atoms with Crippen LogP contribution in [0.5, 0.6) is 0 Å². The highest BCUT2D eigenvalue weighted by molar-refractivity contribution is 6.23. The number of nitrogens with one attached hydrogen (secondary N) is 1. The number of alkyl halides is 3. The molecule has 1 N–H and O–H groups in total. The molecule has 5 atom stereocenters. The average molecular weight is 521 g/mol. The highest BCUT2D eigenvalue weighted by atomic mass is 19.4. The van der Waals surface area contributed by atoms with Gasteiger partial charge >= 0.3 is 12.3 Å². The maximum Gasteiger partial charge on any atom is 0.417 e. The molecule has 198 valence electrons. The van der Waals surface area contributed by atoms with Gasteiger partial charge in [-0.1, -0.05) is 0 Å². The minimum atomic E-state index is -4.84. The predicted octanol–water partition coefficient (Wildman–Crippen LogP) is 2.82. The quantitative estimate of drug-likeness (QED) is 0.610. The molecule has 0 saturated carbocycles. The summed E-state index contributed by atoms with van der Waals surface area (Å²) < 4.78 is 52.4. The van der Waals surface area contributed by atoms with Crippen molar-refractivity contribution in [2.75, 3.05) is 25.0 Å². The van der Waals surface area contributed by atoms with Crippen LogP contribution >= 0.6 is 0 Å². The number of imide groups is 1. The number of nitriles is 1. The second kappa shape index (κ2) is 8.43. The van der Waals surface area contributed by atoms with E-state index in [0.29, 0.717) is 18.9 Å². The summed E-state index contributed by atoms with van der Waals surface area (Å²) in [6.07, 6.45) is -4.05. The van der Waals surface area contributed by atoms with Crippen molar-refractivity contribution in [2.45, 2.75) is 62.6 Å². The number of fused-ring (bicyclic) bond motifs is 5. The minimum absolute atomic E-state index is 0.226. The lowest BCUT2D eigenvalue weighted by Gasteiger charge is -2.36. The van der Waals surface area contributed by atoms with E-state index < -0.39 is 64.3 Å². The Morgan fingerprint density at radius 1 is 1.19 bits per heavy atom. The summed E-state index contributed by atoms with van der Waals surface area (Å²) in [6.45, 7) is 4.93. The van der Waals surface area contributed by atoms with Crippen molar-refractivity contribution in [1.29, 1.82) is 5.26 Å². The second-order valence-corrected chi connectivity index (χ2v) is 10.7. The van der Waals surface area contributed by atoms with Crippen LogP contribution < -0.4 is 10.2 Å². The molecule has 0 radical (unpaired) electrons. The summed E-state index contributed by atoms with van der Waals surface area (Å²) >= 11 is 0. The molecule has 4 saturated heterocycles. The zero-order valence-corrected chi connectivity index (χ0v) is 20.6. The van der Waals surface area contributed by atoms with Gasteiger partial charge in [0.05, 0.1) is 52.0 Å². The highest BCUT2D eigenvalue weighted by Crippen LogP contribution is 2.61.